The van der Waals surface area contributed by atoms with Crippen LogP contribution in [0.15, 0.2) is 65.8 Å². The highest BCUT2D eigenvalue weighted by Crippen LogP contribution is 2.08. The minimum absolute atomic E-state index is 0.183. The van der Waals surface area contributed by atoms with Crippen molar-refractivity contribution in [2.75, 3.05) is 0 Å². The van der Waals surface area contributed by atoms with Crippen LogP contribution in [0.4, 0.5) is 5.95 Å². The number of benzene rings is 2. The van der Waals surface area contributed by atoms with Crippen molar-refractivity contribution in [3.05, 3.63) is 71.1 Å². The van der Waals surface area contributed by atoms with Gasteiger partial charge in [-0.15, -0.1) is 0 Å². The van der Waals surface area contributed by atoms with Gasteiger partial charge < -0.3 is 0 Å². The van der Waals surface area contributed by atoms with E-state index in [-0.39, 0.29) is 5.95 Å². The third-order valence-corrected chi connectivity index (χ3v) is 2.67. The minimum Gasteiger partial charge on any atom is -0.0879 e. The highest BCUT2D eigenvalue weighted by Gasteiger charge is 2.25. The van der Waals surface area contributed by atoms with Gasteiger partial charge in [0.25, 0.3) is 0 Å². The summed E-state index contributed by atoms with van der Waals surface area (Å²) in [5.74, 6) is 0.183. The molecule has 20 heavy (non-hydrogen) atoms. The van der Waals surface area contributed by atoms with Crippen LogP contribution in [-0.4, -0.2) is 15.1 Å². The van der Waals surface area contributed by atoms with Gasteiger partial charge in [-0.05, 0) is 29.1 Å². The maximum absolute atomic E-state index is 8.64. The van der Waals surface area contributed by atoms with Gasteiger partial charge in [0, 0.05) is 10.7 Å². The Morgan fingerprint density at radius 2 is 1.65 bits per heavy atom. The Morgan fingerprint density at radius 3 is 2.30 bits per heavy atom. The van der Waals surface area contributed by atoms with Gasteiger partial charge in [0.05, 0.1) is 5.10 Å². The summed E-state index contributed by atoms with van der Waals surface area (Å²) in [4.78, 5) is 4.22. The standard InChI is InChI=1S/C13H10N7/c14-17-15-13-16-20(12-9-5-2-6-10-12)18-19(13)11-7-3-1-4-8-11/h1-10H/q+1. The smallest absolute Gasteiger partial charge is 0.0879 e. The van der Waals surface area contributed by atoms with Crippen molar-refractivity contribution < 1.29 is 4.68 Å². The van der Waals surface area contributed by atoms with Gasteiger partial charge in [-0.2, -0.15) is 0 Å². The second-order valence-corrected chi connectivity index (χ2v) is 3.95. The summed E-state index contributed by atoms with van der Waals surface area (Å²) in [6.07, 6.45) is 0. The zero-order valence-electron chi connectivity index (χ0n) is 10.4. The van der Waals surface area contributed by atoms with Crippen LogP contribution in [-0.2, 0) is 0 Å². The SMILES string of the molecule is [N-]=[N+]=Nc1nn(-c2ccccc2)n[n+]1-c1ccccc1. The summed E-state index contributed by atoms with van der Waals surface area (Å²) in [7, 11) is 0. The van der Waals surface area contributed by atoms with E-state index in [9.17, 15) is 0 Å². The van der Waals surface area contributed by atoms with Gasteiger partial charge in [-0.3, -0.25) is 0 Å². The largest absolute Gasteiger partial charge is 0.524 e. The average Bonchev–Trinajstić information content (AvgIpc) is 2.94. The van der Waals surface area contributed by atoms with Gasteiger partial charge in [0.1, 0.15) is 11.4 Å². The first-order valence-electron chi connectivity index (χ1n) is 5.94. The van der Waals surface area contributed by atoms with Crippen LogP contribution in [0, 0.1) is 0 Å². The number of para-hydroxylation sites is 2. The van der Waals surface area contributed by atoms with Crippen LogP contribution >= 0.6 is 0 Å². The molecule has 2 aromatic carbocycles. The van der Waals surface area contributed by atoms with E-state index in [1.54, 1.807) is 0 Å². The number of azide groups is 1. The Bertz CT molecular complexity index is 758. The van der Waals surface area contributed by atoms with Crippen LogP contribution in [0.2, 0.25) is 0 Å². The molecule has 3 aromatic rings. The highest BCUT2D eigenvalue weighted by atomic mass is 15.7. The number of tetrazole rings is 1. The molecule has 96 valence electrons. The molecule has 3 rings (SSSR count). The van der Waals surface area contributed by atoms with E-state index in [1.165, 1.54) is 9.48 Å². The summed E-state index contributed by atoms with van der Waals surface area (Å²) in [6.45, 7) is 0. The van der Waals surface area contributed by atoms with E-state index in [2.05, 4.69) is 20.3 Å². The second-order valence-electron chi connectivity index (χ2n) is 3.95. The molecule has 7 nitrogen and oxygen atoms in total. The molecule has 0 saturated carbocycles. The molecule has 0 bridgehead atoms. The third-order valence-electron chi connectivity index (χ3n) is 2.67. The molecule has 0 aliphatic rings. The number of aromatic nitrogens is 4. The van der Waals surface area contributed by atoms with Crippen LogP contribution in [0.25, 0.3) is 21.8 Å². The van der Waals surface area contributed by atoms with Gasteiger partial charge in [0.2, 0.25) is 0 Å². The lowest BCUT2D eigenvalue weighted by atomic mass is 10.3. The van der Waals surface area contributed by atoms with Crippen molar-refractivity contribution in [2.24, 2.45) is 5.11 Å². The zero-order valence-corrected chi connectivity index (χ0v) is 10.4. The third kappa shape index (κ3) is 2.21. The fraction of sp³-hybridized carbons (Fsp3) is 0. The molecule has 0 fully saturated rings. The van der Waals surface area contributed by atoms with Crippen molar-refractivity contribution in [3.8, 4) is 11.4 Å². The fourth-order valence-corrected chi connectivity index (χ4v) is 1.78. The van der Waals surface area contributed by atoms with E-state index in [0.717, 1.165) is 11.4 Å². The molecule has 1 heterocycles. The molecule has 1 aromatic heterocycles. The topological polar surface area (TPSA) is 83.4 Å². The summed E-state index contributed by atoms with van der Waals surface area (Å²) in [5, 5.41) is 12.1. The number of hydrogen-bond acceptors (Lipinski definition) is 3. The maximum atomic E-state index is 8.64. The van der Waals surface area contributed by atoms with E-state index in [0.29, 0.717) is 0 Å². The zero-order chi connectivity index (χ0) is 13.8. The Labute approximate surface area is 114 Å². The van der Waals surface area contributed by atoms with E-state index in [4.69, 9.17) is 5.53 Å². The lowest BCUT2D eigenvalue weighted by Gasteiger charge is -1.93. The first kappa shape index (κ1) is 11.9. The predicted molar refractivity (Wildman–Crippen MR) is 71.7 cm³/mol. The monoisotopic (exact) mass is 264 g/mol. The molecule has 0 atom stereocenters. The summed E-state index contributed by atoms with van der Waals surface area (Å²) >= 11 is 0. The lowest BCUT2D eigenvalue weighted by molar-refractivity contribution is -0.649. The molecule has 0 aliphatic carbocycles. The molecule has 0 unspecified atom stereocenters. The van der Waals surface area contributed by atoms with E-state index >= 15 is 0 Å². The number of nitrogens with zero attached hydrogens (tertiary/aromatic N) is 7. The molecule has 0 radical (unpaired) electrons. The van der Waals surface area contributed by atoms with Crippen LogP contribution in [0.5, 0.6) is 0 Å². The molecule has 7 heteroatoms. The van der Waals surface area contributed by atoms with Gasteiger partial charge >= 0.3 is 11.1 Å². The summed E-state index contributed by atoms with van der Waals surface area (Å²) in [5.41, 5.74) is 10.2. The Hall–Kier alpha value is -3.18. The Morgan fingerprint density at radius 1 is 1.00 bits per heavy atom. The quantitative estimate of drug-likeness (QED) is 0.315. The van der Waals surface area contributed by atoms with Crippen molar-refractivity contribution >= 4 is 5.95 Å². The molecular weight excluding hydrogens is 254 g/mol. The molecule has 0 aliphatic heterocycles. The lowest BCUT2D eigenvalue weighted by Crippen LogP contribution is -2.33. The molecular formula is C13H10N7+. The number of hydrogen-bond donors (Lipinski definition) is 0. The molecule has 0 amide bonds. The van der Waals surface area contributed by atoms with Gasteiger partial charge in [-0.1, -0.05) is 41.1 Å². The van der Waals surface area contributed by atoms with Gasteiger partial charge in [-0.25, -0.2) is 0 Å². The fourth-order valence-electron chi connectivity index (χ4n) is 1.78. The van der Waals surface area contributed by atoms with Crippen LogP contribution < -0.4 is 4.68 Å². The van der Waals surface area contributed by atoms with Crippen molar-refractivity contribution in [1.82, 2.24) is 15.1 Å². The first-order chi connectivity index (χ1) is 9.88. The Kier molecular flexibility index (Phi) is 3.10. The average molecular weight is 264 g/mol. The summed E-state index contributed by atoms with van der Waals surface area (Å²) in [6, 6.07) is 18.8. The normalized spacial score (nSPS) is 10.0. The van der Waals surface area contributed by atoms with Crippen molar-refractivity contribution in [1.29, 1.82) is 0 Å². The van der Waals surface area contributed by atoms with Crippen molar-refractivity contribution in [2.45, 2.75) is 0 Å². The minimum atomic E-state index is 0.183. The molecule has 0 saturated heterocycles. The predicted octanol–water partition coefficient (Wildman–Crippen LogP) is 2.49. The summed E-state index contributed by atoms with van der Waals surface area (Å²) < 4.78 is 1.49. The van der Waals surface area contributed by atoms with Crippen molar-refractivity contribution in [3.63, 3.8) is 0 Å². The first-order valence-corrected chi connectivity index (χ1v) is 5.94. The number of rotatable bonds is 3. The molecule has 0 N–H and O–H groups in total. The van der Waals surface area contributed by atoms with E-state index in [1.807, 2.05) is 60.7 Å². The van der Waals surface area contributed by atoms with Crippen LogP contribution in [0.3, 0.4) is 0 Å². The molecule has 0 spiro atoms. The maximum Gasteiger partial charge on any atom is 0.524 e. The Balaban J connectivity index is 2.15. The van der Waals surface area contributed by atoms with Crippen LogP contribution in [0.1, 0.15) is 0 Å². The van der Waals surface area contributed by atoms with E-state index < -0.39 is 0 Å². The van der Waals surface area contributed by atoms with Gasteiger partial charge in [0.15, 0.2) is 4.91 Å². The highest BCUT2D eigenvalue weighted by molar-refractivity contribution is 5.29. The second kappa shape index (κ2) is 5.21.